The van der Waals surface area contributed by atoms with Crippen LogP contribution >= 0.6 is 0 Å². The maximum absolute atomic E-state index is 9.93. The van der Waals surface area contributed by atoms with Crippen molar-refractivity contribution in [2.24, 2.45) is 0 Å². The van der Waals surface area contributed by atoms with Gasteiger partial charge in [0.25, 0.3) is 0 Å². The second-order valence-electron chi connectivity index (χ2n) is 4.30. The summed E-state index contributed by atoms with van der Waals surface area (Å²) in [6.45, 7) is 1.69. The number of aliphatic hydroxyl groups excluding tert-OH is 2. The Balaban J connectivity index is 2.08. The van der Waals surface area contributed by atoms with Crippen LogP contribution in [-0.2, 0) is 4.74 Å². The summed E-state index contributed by atoms with van der Waals surface area (Å²) in [4.78, 5) is 12.0. The van der Waals surface area contributed by atoms with Crippen molar-refractivity contribution in [2.45, 2.75) is 31.5 Å². The number of aliphatic hydroxyl groups is 2. The molecule has 4 atom stereocenters. The first-order valence-electron chi connectivity index (χ1n) is 5.54. The maximum Gasteiger partial charge on any atom is 0.167 e. The van der Waals surface area contributed by atoms with Crippen LogP contribution in [0.3, 0.4) is 0 Å². The molecule has 1 aliphatic heterocycles. The largest absolute Gasteiger partial charge is 0.388 e. The summed E-state index contributed by atoms with van der Waals surface area (Å²) in [7, 11) is 0. The van der Waals surface area contributed by atoms with E-state index >= 15 is 0 Å². The topological polar surface area (TPSA) is 119 Å². The highest BCUT2D eigenvalue weighted by atomic mass is 16.6. The Morgan fingerprint density at radius 1 is 1.28 bits per heavy atom. The minimum atomic E-state index is -1.03. The second kappa shape index (κ2) is 3.87. The molecule has 2 aromatic heterocycles. The summed E-state index contributed by atoms with van der Waals surface area (Å²) in [5, 5.41) is 19.6. The van der Waals surface area contributed by atoms with Crippen LogP contribution in [0.15, 0.2) is 12.7 Å². The summed E-state index contributed by atoms with van der Waals surface area (Å²) in [6.07, 6.45) is -0.373. The highest BCUT2D eigenvalue weighted by Gasteiger charge is 2.41. The number of aromatic nitrogens is 4. The lowest BCUT2D eigenvalue weighted by Crippen LogP contribution is -2.30. The number of rotatable bonds is 1. The highest BCUT2D eigenvalue weighted by Crippen LogP contribution is 2.31. The van der Waals surface area contributed by atoms with Crippen molar-refractivity contribution in [1.82, 2.24) is 19.5 Å². The molecule has 1 saturated heterocycles. The van der Waals surface area contributed by atoms with E-state index in [0.717, 1.165) is 0 Å². The predicted octanol–water partition coefficient (Wildman–Crippen LogP) is -0.952. The van der Waals surface area contributed by atoms with Gasteiger partial charge < -0.3 is 20.7 Å². The molecule has 2 aromatic rings. The fourth-order valence-electron chi connectivity index (χ4n) is 2.11. The van der Waals surface area contributed by atoms with Gasteiger partial charge in [-0.3, -0.25) is 4.57 Å². The van der Waals surface area contributed by atoms with Gasteiger partial charge >= 0.3 is 0 Å². The van der Waals surface area contributed by atoms with E-state index in [2.05, 4.69) is 15.0 Å². The Morgan fingerprint density at radius 3 is 2.72 bits per heavy atom. The second-order valence-corrected chi connectivity index (χ2v) is 4.30. The molecule has 0 bridgehead atoms. The molecule has 0 saturated carbocycles. The number of hydrogen-bond acceptors (Lipinski definition) is 7. The van der Waals surface area contributed by atoms with E-state index in [0.29, 0.717) is 11.2 Å². The fraction of sp³-hybridized carbons (Fsp3) is 0.500. The molecular formula is C10H13N5O3. The van der Waals surface area contributed by atoms with E-state index in [9.17, 15) is 10.2 Å². The van der Waals surface area contributed by atoms with Crippen molar-refractivity contribution < 1.29 is 14.9 Å². The zero-order chi connectivity index (χ0) is 12.9. The van der Waals surface area contributed by atoms with E-state index in [4.69, 9.17) is 10.5 Å². The molecule has 3 heterocycles. The number of nitrogens with zero attached hydrogens (tertiary/aromatic N) is 4. The molecule has 4 unspecified atom stereocenters. The molecule has 96 valence electrons. The maximum atomic E-state index is 9.93. The highest BCUT2D eigenvalue weighted by molar-refractivity contribution is 5.81. The van der Waals surface area contributed by atoms with Gasteiger partial charge in [-0.2, -0.15) is 0 Å². The van der Waals surface area contributed by atoms with E-state index in [1.54, 1.807) is 11.5 Å². The normalized spacial score (nSPS) is 32.2. The Kier molecular flexibility index (Phi) is 2.44. The number of ether oxygens (including phenoxy) is 1. The predicted molar refractivity (Wildman–Crippen MR) is 61.3 cm³/mol. The van der Waals surface area contributed by atoms with E-state index in [1.165, 1.54) is 12.7 Å². The molecule has 1 aliphatic rings. The molecule has 3 rings (SSSR count). The van der Waals surface area contributed by atoms with Crippen molar-refractivity contribution in [2.75, 3.05) is 5.73 Å². The van der Waals surface area contributed by atoms with Crippen molar-refractivity contribution >= 4 is 17.0 Å². The minimum absolute atomic E-state index is 0.264. The monoisotopic (exact) mass is 251 g/mol. The molecule has 0 spiro atoms. The summed E-state index contributed by atoms with van der Waals surface area (Å²) >= 11 is 0. The first-order chi connectivity index (χ1) is 8.59. The summed E-state index contributed by atoms with van der Waals surface area (Å²) in [5.74, 6) is 0.264. The van der Waals surface area contributed by atoms with Gasteiger partial charge in [-0.05, 0) is 6.92 Å². The number of imidazole rings is 1. The minimum Gasteiger partial charge on any atom is -0.388 e. The van der Waals surface area contributed by atoms with Gasteiger partial charge in [0.15, 0.2) is 17.7 Å². The van der Waals surface area contributed by atoms with E-state index in [1.807, 2.05) is 0 Å². The van der Waals surface area contributed by atoms with Crippen LogP contribution in [0.1, 0.15) is 13.2 Å². The summed E-state index contributed by atoms with van der Waals surface area (Å²) in [5.41, 5.74) is 6.59. The van der Waals surface area contributed by atoms with Crippen molar-refractivity contribution in [1.29, 1.82) is 0 Å². The van der Waals surface area contributed by atoms with E-state index in [-0.39, 0.29) is 5.82 Å². The molecule has 1 fully saturated rings. The van der Waals surface area contributed by atoms with Crippen LogP contribution in [0.5, 0.6) is 0 Å². The van der Waals surface area contributed by atoms with Crippen LogP contribution in [0.4, 0.5) is 5.82 Å². The van der Waals surface area contributed by atoms with Gasteiger partial charge in [-0.25, -0.2) is 15.0 Å². The smallest absolute Gasteiger partial charge is 0.167 e. The molecule has 0 aromatic carbocycles. The molecule has 0 amide bonds. The summed E-state index contributed by atoms with van der Waals surface area (Å²) in [6, 6.07) is 0. The number of nitrogens with two attached hydrogens (primary N) is 1. The van der Waals surface area contributed by atoms with Crippen LogP contribution in [-0.4, -0.2) is 48.0 Å². The lowest BCUT2D eigenvalue weighted by Gasteiger charge is -2.16. The Labute approximate surface area is 102 Å². The Morgan fingerprint density at radius 2 is 2.06 bits per heavy atom. The van der Waals surface area contributed by atoms with Gasteiger partial charge in [-0.1, -0.05) is 0 Å². The molecule has 4 N–H and O–H groups in total. The summed E-state index contributed by atoms with van der Waals surface area (Å²) < 4.78 is 7.05. The Bertz CT molecular complexity index is 586. The zero-order valence-corrected chi connectivity index (χ0v) is 9.63. The van der Waals surface area contributed by atoms with Crippen LogP contribution in [0, 0.1) is 0 Å². The average molecular weight is 251 g/mol. The van der Waals surface area contributed by atoms with Crippen molar-refractivity contribution in [3.8, 4) is 0 Å². The van der Waals surface area contributed by atoms with Crippen molar-refractivity contribution in [3.05, 3.63) is 12.7 Å². The fourth-order valence-corrected chi connectivity index (χ4v) is 2.11. The quantitative estimate of drug-likeness (QED) is 0.597. The third-order valence-electron chi connectivity index (χ3n) is 3.14. The van der Waals surface area contributed by atoms with Gasteiger partial charge in [0.1, 0.15) is 24.1 Å². The Hall–Kier alpha value is -1.77. The first-order valence-corrected chi connectivity index (χ1v) is 5.54. The van der Waals surface area contributed by atoms with Crippen LogP contribution in [0.25, 0.3) is 11.2 Å². The SMILES string of the molecule is CC1OC(n2cnc3c(N)ncnc32)C(O)C1O. The number of nitrogen functional groups attached to an aromatic ring is 1. The van der Waals surface area contributed by atoms with Crippen LogP contribution in [0.2, 0.25) is 0 Å². The number of anilines is 1. The van der Waals surface area contributed by atoms with Gasteiger partial charge in [-0.15, -0.1) is 0 Å². The standard InChI is InChI=1S/C10H13N5O3/c1-4-6(16)7(17)10(18-4)15-3-14-5-8(11)12-2-13-9(5)15/h2-4,6-7,10,16-17H,1H3,(H2,11,12,13). The lowest BCUT2D eigenvalue weighted by atomic mass is 10.1. The zero-order valence-electron chi connectivity index (χ0n) is 9.63. The molecule has 0 aliphatic carbocycles. The van der Waals surface area contributed by atoms with Gasteiger partial charge in [0.2, 0.25) is 0 Å². The molecule has 18 heavy (non-hydrogen) atoms. The molecule has 8 heteroatoms. The molecule has 0 radical (unpaired) electrons. The van der Waals surface area contributed by atoms with Crippen molar-refractivity contribution in [3.63, 3.8) is 0 Å². The molecule has 8 nitrogen and oxygen atoms in total. The van der Waals surface area contributed by atoms with Gasteiger partial charge in [0, 0.05) is 0 Å². The number of hydrogen-bond donors (Lipinski definition) is 3. The molecular weight excluding hydrogens is 238 g/mol. The van der Waals surface area contributed by atoms with Gasteiger partial charge in [0.05, 0.1) is 12.4 Å². The number of fused-ring (bicyclic) bond motifs is 1. The van der Waals surface area contributed by atoms with Crippen LogP contribution < -0.4 is 5.73 Å². The third-order valence-corrected chi connectivity index (χ3v) is 3.14. The first kappa shape index (κ1) is 11.3. The average Bonchev–Trinajstić information content (AvgIpc) is 2.88. The third kappa shape index (κ3) is 1.47. The van der Waals surface area contributed by atoms with E-state index < -0.39 is 24.5 Å². The lowest BCUT2D eigenvalue weighted by molar-refractivity contribution is -0.0299.